The van der Waals surface area contributed by atoms with Crippen LogP contribution in [0.5, 0.6) is 0 Å². The minimum absolute atomic E-state index is 0.284. The summed E-state index contributed by atoms with van der Waals surface area (Å²) in [6.45, 7) is 2.01. The molecule has 1 saturated carbocycles. The topological polar surface area (TPSA) is 0 Å². The highest BCUT2D eigenvalue weighted by Gasteiger charge is 2.05. The van der Waals surface area contributed by atoms with Crippen molar-refractivity contribution in [3.63, 3.8) is 0 Å². The zero-order valence-corrected chi connectivity index (χ0v) is 4.91. The quantitative estimate of drug-likeness (QED) is 0.439. The first-order valence-electron chi connectivity index (χ1n) is 4.13. The summed E-state index contributed by atoms with van der Waals surface area (Å²) in [5.74, 6) is 0.284. The summed E-state index contributed by atoms with van der Waals surface area (Å²) in [6.07, 6.45) is 3.29. The Morgan fingerprint density at radius 1 is 1.43 bits per heavy atom. The molecular weight excluding hydrogens is 84.1 g/mol. The second-order valence-corrected chi connectivity index (χ2v) is 2.35. The van der Waals surface area contributed by atoms with Gasteiger partial charge in [-0.25, -0.2) is 0 Å². The molecule has 0 heterocycles. The van der Waals surface area contributed by atoms with Crippen LogP contribution < -0.4 is 0 Å². The summed E-state index contributed by atoms with van der Waals surface area (Å²) >= 11 is 0. The lowest BCUT2D eigenvalue weighted by Gasteiger charge is -2.15. The molecule has 1 fully saturated rings. The molecule has 1 rings (SSSR count). The molecule has 0 aromatic heterocycles. The van der Waals surface area contributed by atoms with Gasteiger partial charge in [0.2, 0.25) is 0 Å². The van der Waals surface area contributed by atoms with Crippen molar-refractivity contribution in [2.24, 2.45) is 5.92 Å². The Labute approximate surface area is 48.7 Å². The SMILES string of the molecule is [2H]C1([2H])CCCCC1C. The van der Waals surface area contributed by atoms with Crippen LogP contribution in [0.1, 0.15) is 41.7 Å². The van der Waals surface area contributed by atoms with E-state index in [4.69, 9.17) is 2.74 Å². The molecule has 0 nitrogen and oxygen atoms in total. The van der Waals surface area contributed by atoms with Crippen LogP contribution in [0, 0.1) is 5.92 Å². The molecule has 1 atom stereocenters. The van der Waals surface area contributed by atoms with Crippen molar-refractivity contribution in [2.45, 2.75) is 39.0 Å². The molecule has 1 aliphatic rings. The fourth-order valence-electron chi connectivity index (χ4n) is 1.03. The van der Waals surface area contributed by atoms with Gasteiger partial charge in [-0.1, -0.05) is 39.0 Å². The molecule has 0 spiro atoms. The molecule has 0 radical (unpaired) electrons. The van der Waals surface area contributed by atoms with Crippen molar-refractivity contribution >= 4 is 0 Å². The summed E-state index contributed by atoms with van der Waals surface area (Å²) in [5, 5.41) is 0. The second kappa shape index (κ2) is 2.34. The van der Waals surface area contributed by atoms with Gasteiger partial charge in [0, 0.05) is 2.74 Å². The van der Waals surface area contributed by atoms with Crippen molar-refractivity contribution in [3.05, 3.63) is 0 Å². The van der Waals surface area contributed by atoms with Crippen LogP contribution in [0.3, 0.4) is 0 Å². The summed E-state index contributed by atoms with van der Waals surface area (Å²) in [5.41, 5.74) is 0. The monoisotopic (exact) mass is 100 g/mol. The third kappa shape index (κ3) is 1.50. The highest BCUT2D eigenvalue weighted by Crippen LogP contribution is 2.21. The number of hydrogen-bond donors (Lipinski definition) is 0. The summed E-state index contributed by atoms with van der Waals surface area (Å²) < 4.78 is 15.0. The Hall–Kier alpha value is 0. The predicted octanol–water partition coefficient (Wildman–Crippen LogP) is 2.59. The molecule has 0 N–H and O–H groups in total. The van der Waals surface area contributed by atoms with Crippen LogP contribution in [0.15, 0.2) is 0 Å². The summed E-state index contributed by atoms with van der Waals surface area (Å²) in [6, 6.07) is 0. The average Bonchev–Trinajstić information content (AvgIpc) is 1.77. The third-order valence-electron chi connectivity index (χ3n) is 1.56. The molecule has 0 aromatic carbocycles. The first-order valence-corrected chi connectivity index (χ1v) is 3.13. The van der Waals surface area contributed by atoms with E-state index < -0.39 is 6.37 Å². The van der Waals surface area contributed by atoms with E-state index in [1.165, 1.54) is 6.42 Å². The molecule has 42 valence electrons. The molecule has 0 amide bonds. The van der Waals surface area contributed by atoms with Gasteiger partial charge in [-0.3, -0.25) is 0 Å². The fourth-order valence-corrected chi connectivity index (χ4v) is 1.03. The summed E-state index contributed by atoms with van der Waals surface area (Å²) in [4.78, 5) is 0. The minimum atomic E-state index is -0.863. The highest BCUT2D eigenvalue weighted by molar-refractivity contribution is 4.59. The van der Waals surface area contributed by atoms with Crippen LogP contribution in [-0.4, -0.2) is 0 Å². The largest absolute Gasteiger partial charge is 0.0625 e. The molecule has 0 bridgehead atoms. The van der Waals surface area contributed by atoms with Gasteiger partial charge in [-0.05, 0) is 5.92 Å². The number of rotatable bonds is 0. The molecule has 7 heavy (non-hydrogen) atoms. The van der Waals surface area contributed by atoms with Crippen molar-refractivity contribution in [1.29, 1.82) is 0 Å². The Bertz CT molecular complexity index is 99.1. The molecular formula is C7H14. The molecule has 0 aromatic rings. The van der Waals surface area contributed by atoms with Crippen molar-refractivity contribution in [3.8, 4) is 0 Å². The average molecular weight is 100 g/mol. The highest BCUT2D eigenvalue weighted by atomic mass is 14.1. The van der Waals surface area contributed by atoms with Gasteiger partial charge in [0.25, 0.3) is 0 Å². The van der Waals surface area contributed by atoms with E-state index in [9.17, 15) is 0 Å². The van der Waals surface area contributed by atoms with E-state index in [1.807, 2.05) is 6.92 Å². The Balaban J connectivity index is 2.49. The molecule has 0 heteroatoms. The van der Waals surface area contributed by atoms with E-state index in [2.05, 4.69) is 0 Å². The molecule has 1 aliphatic carbocycles. The Morgan fingerprint density at radius 2 is 2.29 bits per heavy atom. The molecule has 0 saturated heterocycles. The normalized spacial score (nSPS) is 44.4. The maximum Gasteiger partial charge on any atom is 0.0269 e. The van der Waals surface area contributed by atoms with Gasteiger partial charge < -0.3 is 0 Å². The predicted molar refractivity (Wildman–Crippen MR) is 32.2 cm³/mol. The van der Waals surface area contributed by atoms with Crippen molar-refractivity contribution in [2.75, 3.05) is 0 Å². The van der Waals surface area contributed by atoms with Crippen LogP contribution >= 0.6 is 0 Å². The molecule has 0 aliphatic heterocycles. The van der Waals surface area contributed by atoms with Gasteiger partial charge >= 0.3 is 0 Å². The first-order chi connectivity index (χ1) is 4.13. The lowest BCUT2D eigenvalue weighted by Crippen LogP contribution is -1.99. The smallest absolute Gasteiger partial charge is 0.0269 e. The maximum atomic E-state index is 7.50. The van der Waals surface area contributed by atoms with Crippen LogP contribution in [0.25, 0.3) is 0 Å². The van der Waals surface area contributed by atoms with Gasteiger partial charge in [0.15, 0.2) is 0 Å². The van der Waals surface area contributed by atoms with Crippen molar-refractivity contribution in [1.82, 2.24) is 0 Å². The van der Waals surface area contributed by atoms with Crippen LogP contribution in [-0.2, 0) is 0 Å². The minimum Gasteiger partial charge on any atom is -0.0625 e. The van der Waals surface area contributed by atoms with E-state index in [0.717, 1.165) is 19.3 Å². The van der Waals surface area contributed by atoms with E-state index in [0.29, 0.717) is 0 Å². The van der Waals surface area contributed by atoms with Crippen LogP contribution in [0.2, 0.25) is 0 Å². The lowest BCUT2D eigenvalue weighted by molar-refractivity contribution is 0.385. The number of hydrogen-bond acceptors (Lipinski definition) is 0. The molecule has 1 unspecified atom stereocenters. The standard InChI is InChI=1S/C7H14/c1-7-5-3-2-4-6-7/h7H,2-6H2,1H3/i5D2. The van der Waals surface area contributed by atoms with Crippen LogP contribution in [0.4, 0.5) is 0 Å². The zero-order valence-electron chi connectivity index (χ0n) is 6.91. The van der Waals surface area contributed by atoms with E-state index in [-0.39, 0.29) is 5.92 Å². The van der Waals surface area contributed by atoms with E-state index >= 15 is 0 Å². The lowest BCUT2D eigenvalue weighted by atomic mass is 9.91. The van der Waals surface area contributed by atoms with Gasteiger partial charge in [0.1, 0.15) is 0 Å². The second-order valence-electron chi connectivity index (χ2n) is 2.35. The van der Waals surface area contributed by atoms with E-state index in [1.54, 1.807) is 0 Å². The Morgan fingerprint density at radius 3 is 2.71 bits per heavy atom. The third-order valence-corrected chi connectivity index (χ3v) is 1.56. The summed E-state index contributed by atoms with van der Waals surface area (Å²) in [7, 11) is 0. The van der Waals surface area contributed by atoms with Gasteiger partial charge in [-0.15, -0.1) is 0 Å². The maximum absolute atomic E-state index is 7.50. The van der Waals surface area contributed by atoms with Gasteiger partial charge in [-0.2, -0.15) is 0 Å². The fraction of sp³-hybridized carbons (Fsp3) is 1.00. The zero-order chi connectivity index (χ0) is 6.91. The Kier molecular flexibility index (Phi) is 1.04. The first kappa shape index (κ1) is 3.11. The van der Waals surface area contributed by atoms with Gasteiger partial charge in [0.05, 0.1) is 0 Å². The van der Waals surface area contributed by atoms with Crippen molar-refractivity contribution < 1.29 is 2.74 Å².